The van der Waals surface area contributed by atoms with E-state index in [2.05, 4.69) is 5.32 Å². The zero-order valence-corrected chi connectivity index (χ0v) is 12.8. The number of carbonyl (C=O) groups is 3. The van der Waals surface area contributed by atoms with Gasteiger partial charge in [0.15, 0.2) is 11.4 Å². The average Bonchev–Trinajstić information content (AvgIpc) is 2.50. The van der Waals surface area contributed by atoms with Crippen LogP contribution in [0.4, 0.5) is 0 Å². The number of aliphatic carboxylic acids is 1. The van der Waals surface area contributed by atoms with E-state index in [4.69, 9.17) is 5.11 Å². The lowest BCUT2D eigenvalue weighted by Crippen LogP contribution is -2.46. The molecule has 1 aromatic rings. The number of hydrogen-bond donors (Lipinski definition) is 3. The zero-order chi connectivity index (χ0) is 16.8. The van der Waals surface area contributed by atoms with Gasteiger partial charge in [-0.3, -0.25) is 9.59 Å². The van der Waals surface area contributed by atoms with Crippen molar-refractivity contribution in [1.82, 2.24) is 5.32 Å². The summed E-state index contributed by atoms with van der Waals surface area (Å²) in [4.78, 5) is 34.2. The van der Waals surface area contributed by atoms with E-state index in [9.17, 15) is 19.5 Å². The van der Waals surface area contributed by atoms with Crippen LogP contribution in [0.15, 0.2) is 24.3 Å². The Kier molecular flexibility index (Phi) is 6.24. The molecule has 0 bridgehead atoms. The first-order chi connectivity index (χ1) is 10.3. The van der Waals surface area contributed by atoms with Crippen LogP contribution in [-0.2, 0) is 16.0 Å². The van der Waals surface area contributed by atoms with Crippen LogP contribution in [0.25, 0.3) is 0 Å². The van der Waals surface area contributed by atoms with Gasteiger partial charge in [-0.1, -0.05) is 31.2 Å². The number of amides is 1. The van der Waals surface area contributed by atoms with Crippen molar-refractivity contribution in [2.24, 2.45) is 0 Å². The molecule has 0 aromatic heterocycles. The molecule has 6 nitrogen and oxygen atoms in total. The van der Waals surface area contributed by atoms with Crippen molar-refractivity contribution in [3.63, 3.8) is 0 Å². The summed E-state index contributed by atoms with van der Waals surface area (Å²) in [7, 11) is 0. The molecule has 1 amide bonds. The fraction of sp³-hybridized carbons (Fsp3) is 0.438. The van der Waals surface area contributed by atoms with Gasteiger partial charge in [0, 0.05) is 18.4 Å². The number of nitrogens with one attached hydrogen (secondary N) is 1. The van der Waals surface area contributed by atoms with Crippen LogP contribution >= 0.6 is 0 Å². The van der Waals surface area contributed by atoms with E-state index >= 15 is 0 Å². The van der Waals surface area contributed by atoms with Crippen molar-refractivity contribution in [2.45, 2.75) is 38.7 Å². The van der Waals surface area contributed by atoms with Gasteiger partial charge in [0.05, 0.1) is 6.54 Å². The van der Waals surface area contributed by atoms with E-state index in [1.165, 1.54) is 0 Å². The fourth-order valence-corrected chi connectivity index (χ4v) is 1.73. The molecule has 6 heteroatoms. The van der Waals surface area contributed by atoms with Crippen LogP contribution in [0.5, 0.6) is 0 Å². The van der Waals surface area contributed by atoms with Crippen molar-refractivity contribution >= 4 is 17.7 Å². The number of Topliss-reactive ketones (excluding diaryl/α,β-unsaturated/α-hetero) is 1. The lowest BCUT2D eigenvalue weighted by atomic mass is 10.0. The summed E-state index contributed by atoms with van der Waals surface area (Å²) in [5.41, 5.74) is -0.344. The largest absolute Gasteiger partial charge is 0.479 e. The Labute approximate surface area is 129 Å². The number of benzene rings is 1. The quantitative estimate of drug-likeness (QED) is 0.625. The number of rotatable bonds is 8. The first-order valence-corrected chi connectivity index (χ1v) is 7.11. The molecular weight excluding hydrogens is 286 g/mol. The van der Waals surface area contributed by atoms with Crippen molar-refractivity contribution in [3.05, 3.63) is 35.4 Å². The van der Waals surface area contributed by atoms with Gasteiger partial charge in [0.1, 0.15) is 0 Å². The molecule has 1 rings (SSSR count). The van der Waals surface area contributed by atoms with Gasteiger partial charge >= 0.3 is 5.97 Å². The lowest BCUT2D eigenvalue weighted by molar-refractivity contribution is -0.156. The number of carboxylic acid groups (broad SMARTS) is 1. The first-order valence-electron chi connectivity index (χ1n) is 7.11. The van der Waals surface area contributed by atoms with Crippen LogP contribution < -0.4 is 5.32 Å². The molecule has 0 fully saturated rings. The number of ketones is 1. The van der Waals surface area contributed by atoms with Crippen molar-refractivity contribution in [1.29, 1.82) is 0 Å². The van der Waals surface area contributed by atoms with Crippen molar-refractivity contribution in [2.75, 3.05) is 6.54 Å². The molecule has 0 heterocycles. The molecule has 120 valence electrons. The zero-order valence-electron chi connectivity index (χ0n) is 12.8. The molecule has 1 unspecified atom stereocenters. The van der Waals surface area contributed by atoms with E-state index in [-0.39, 0.29) is 18.6 Å². The Hall–Kier alpha value is -2.21. The van der Waals surface area contributed by atoms with Gasteiger partial charge < -0.3 is 15.5 Å². The van der Waals surface area contributed by atoms with E-state index < -0.39 is 24.0 Å². The van der Waals surface area contributed by atoms with E-state index in [1.807, 2.05) is 19.1 Å². The number of carbonyl (C=O) groups excluding carboxylic acids is 2. The van der Waals surface area contributed by atoms with Crippen LogP contribution in [0, 0.1) is 0 Å². The Bertz CT molecular complexity index is 548. The Morgan fingerprint density at radius 2 is 1.73 bits per heavy atom. The molecule has 0 aliphatic rings. The van der Waals surface area contributed by atoms with Gasteiger partial charge in [-0.05, 0) is 18.9 Å². The second kappa shape index (κ2) is 7.70. The predicted molar refractivity (Wildman–Crippen MR) is 80.7 cm³/mol. The highest BCUT2D eigenvalue weighted by Gasteiger charge is 2.30. The average molecular weight is 307 g/mol. The summed E-state index contributed by atoms with van der Waals surface area (Å²) in [5, 5.41) is 20.5. The van der Waals surface area contributed by atoms with E-state index in [0.717, 1.165) is 18.9 Å². The SMILES string of the molecule is CCc1ccc(C(=O)CCC(=O)NCC(C)(O)C(=O)O)cc1. The molecule has 0 saturated carbocycles. The minimum Gasteiger partial charge on any atom is -0.479 e. The highest BCUT2D eigenvalue weighted by Crippen LogP contribution is 2.09. The first kappa shape index (κ1) is 17.8. The second-order valence-electron chi connectivity index (χ2n) is 5.33. The second-order valence-corrected chi connectivity index (χ2v) is 5.33. The summed E-state index contributed by atoms with van der Waals surface area (Å²) in [5.74, 6) is -2.04. The summed E-state index contributed by atoms with van der Waals surface area (Å²) in [6.07, 6.45) is 0.872. The molecule has 0 saturated heterocycles. The minimum absolute atomic E-state index is 0.0342. The molecule has 0 aliphatic heterocycles. The Morgan fingerprint density at radius 1 is 1.14 bits per heavy atom. The molecule has 0 radical (unpaired) electrons. The monoisotopic (exact) mass is 307 g/mol. The van der Waals surface area contributed by atoms with E-state index in [1.54, 1.807) is 12.1 Å². The number of aryl methyl sites for hydroxylation is 1. The maximum atomic E-state index is 11.9. The summed E-state index contributed by atoms with van der Waals surface area (Å²) < 4.78 is 0. The van der Waals surface area contributed by atoms with Crippen LogP contribution in [0.1, 0.15) is 42.6 Å². The van der Waals surface area contributed by atoms with Gasteiger partial charge in [-0.25, -0.2) is 4.79 Å². The minimum atomic E-state index is -2.02. The van der Waals surface area contributed by atoms with Crippen molar-refractivity contribution in [3.8, 4) is 0 Å². The van der Waals surface area contributed by atoms with Crippen LogP contribution in [0.3, 0.4) is 0 Å². The third-order valence-corrected chi connectivity index (χ3v) is 3.35. The van der Waals surface area contributed by atoms with Gasteiger partial charge in [-0.15, -0.1) is 0 Å². The predicted octanol–water partition coefficient (Wildman–Crippen LogP) is 1.16. The standard InChI is InChI=1S/C16H21NO5/c1-3-11-4-6-12(7-5-11)13(18)8-9-14(19)17-10-16(2,22)15(20)21/h4-7,22H,3,8-10H2,1-2H3,(H,17,19)(H,20,21). The maximum absolute atomic E-state index is 11.9. The van der Waals surface area contributed by atoms with E-state index in [0.29, 0.717) is 5.56 Å². The smallest absolute Gasteiger partial charge is 0.337 e. The van der Waals surface area contributed by atoms with Crippen molar-refractivity contribution < 1.29 is 24.6 Å². The van der Waals surface area contributed by atoms with Gasteiger partial charge in [0.2, 0.25) is 5.91 Å². The molecular formula is C16H21NO5. The molecule has 0 aliphatic carbocycles. The summed E-state index contributed by atoms with van der Waals surface area (Å²) >= 11 is 0. The van der Waals surface area contributed by atoms with Gasteiger partial charge in [0.25, 0.3) is 0 Å². The topological polar surface area (TPSA) is 104 Å². The normalized spacial score (nSPS) is 13.2. The lowest BCUT2D eigenvalue weighted by Gasteiger charge is -2.18. The summed E-state index contributed by atoms with van der Waals surface area (Å²) in [6.45, 7) is 2.71. The van der Waals surface area contributed by atoms with Crippen LogP contribution in [-0.4, -0.2) is 40.0 Å². The summed E-state index contributed by atoms with van der Waals surface area (Å²) in [6, 6.07) is 7.21. The van der Waals surface area contributed by atoms with Gasteiger partial charge in [-0.2, -0.15) is 0 Å². The highest BCUT2D eigenvalue weighted by atomic mass is 16.4. The number of carboxylic acids is 1. The maximum Gasteiger partial charge on any atom is 0.337 e. The third kappa shape index (κ3) is 5.29. The molecule has 1 aromatic carbocycles. The third-order valence-electron chi connectivity index (χ3n) is 3.35. The molecule has 1 atom stereocenters. The Balaban J connectivity index is 2.43. The fourth-order valence-electron chi connectivity index (χ4n) is 1.73. The molecule has 22 heavy (non-hydrogen) atoms. The molecule has 3 N–H and O–H groups in total. The highest BCUT2D eigenvalue weighted by molar-refractivity contribution is 5.98. The Morgan fingerprint density at radius 3 is 2.23 bits per heavy atom. The van der Waals surface area contributed by atoms with Crippen LogP contribution in [0.2, 0.25) is 0 Å². The number of aliphatic hydroxyl groups is 1. The molecule has 0 spiro atoms. The number of hydrogen-bond acceptors (Lipinski definition) is 4.